The van der Waals surface area contributed by atoms with Gasteiger partial charge in [0.2, 0.25) is 53.2 Å². The molecule has 0 aliphatic heterocycles. The van der Waals surface area contributed by atoms with Gasteiger partial charge in [0.25, 0.3) is 0 Å². The Morgan fingerprint density at radius 3 is 1.40 bits per heavy atom. The van der Waals surface area contributed by atoms with Crippen LogP contribution in [0.4, 0.5) is 0 Å². The molecule has 0 aromatic heterocycles. The van der Waals surface area contributed by atoms with Gasteiger partial charge in [0.05, 0.1) is 18.8 Å². The highest BCUT2D eigenvalue weighted by molar-refractivity contribution is 7.98. The van der Waals surface area contributed by atoms with E-state index in [0.29, 0.717) is 36.3 Å². The molecular formula is C54H90N14O17S2. The van der Waals surface area contributed by atoms with E-state index < -0.39 is 176 Å². The van der Waals surface area contributed by atoms with Gasteiger partial charge in [-0.1, -0.05) is 50.6 Å². The number of rotatable bonds is 45. The largest absolute Gasteiger partial charge is 0.481 e. The number of nitrogens with two attached hydrogens (primary N) is 4. The second-order valence-electron chi connectivity index (χ2n) is 20.5. The van der Waals surface area contributed by atoms with Crippen molar-refractivity contribution in [3.63, 3.8) is 0 Å². The van der Waals surface area contributed by atoms with Crippen LogP contribution in [-0.2, 0) is 64.0 Å². The second-order valence-corrected chi connectivity index (χ2v) is 22.5. The lowest BCUT2D eigenvalue weighted by atomic mass is 9.96. The van der Waals surface area contributed by atoms with Gasteiger partial charge in [-0.05, 0) is 107 Å². The van der Waals surface area contributed by atoms with Crippen molar-refractivity contribution in [2.75, 3.05) is 43.7 Å². The van der Waals surface area contributed by atoms with Crippen LogP contribution < -0.4 is 70.8 Å². The minimum Gasteiger partial charge on any atom is -0.481 e. The lowest BCUT2D eigenvalue weighted by molar-refractivity contribution is -0.143. The maximum atomic E-state index is 14.5. The first-order chi connectivity index (χ1) is 41.1. The van der Waals surface area contributed by atoms with Gasteiger partial charge in [-0.2, -0.15) is 23.5 Å². The monoisotopic (exact) mass is 1270 g/mol. The molecule has 0 fully saturated rings. The highest BCUT2D eigenvalue weighted by Gasteiger charge is 2.37. The molecule has 1 rings (SSSR count). The fraction of sp³-hybridized carbons (Fsp3) is 0.648. The molecule has 33 heteroatoms. The van der Waals surface area contributed by atoms with Crippen molar-refractivity contribution in [3.05, 3.63) is 35.9 Å². The van der Waals surface area contributed by atoms with Crippen LogP contribution in [0.15, 0.2) is 35.3 Å². The summed E-state index contributed by atoms with van der Waals surface area (Å²) in [6.07, 6.45) is 0.693. The molecule has 31 nitrogen and oxygen atoms in total. The second kappa shape index (κ2) is 42.5. The third kappa shape index (κ3) is 30.7. The number of amides is 9. The van der Waals surface area contributed by atoms with Crippen molar-refractivity contribution in [2.45, 2.75) is 171 Å². The van der Waals surface area contributed by atoms with Crippen molar-refractivity contribution in [2.24, 2.45) is 33.8 Å². The first-order valence-corrected chi connectivity index (χ1v) is 31.1. The Hall–Kier alpha value is -7.33. The molecule has 22 N–H and O–H groups in total. The number of nitrogens with one attached hydrogen (secondary N) is 9. The van der Waals surface area contributed by atoms with Gasteiger partial charge < -0.3 is 96.3 Å². The maximum absolute atomic E-state index is 14.5. The standard InChI is InChI=1S/C54H90N14O17S2/c1-6-29(2)42(67-47(78)33(17-19-40(71)72)61-46(77)36(22-26-87-5)63-45(76)35(21-25-86-4)60-44(75)32(56)15-12-24-59-54(57)58)51(82)65-38(27-31-13-8-7-9-14-31)49(80)66-39(28-69)50(81)62-34(18-20-41(73)74)48(79)68-43(30(3)70)52(83)64-37(53(84)85)16-10-11-23-55/h7-9,13-14,29-30,32-39,42-43,69-70H,6,10-12,15-28,55-56H2,1-5H3,(H,60,75)(H,61,77)(H,62,81)(H,63,76)(H,64,83)(H,65,82)(H,66,80)(H,67,78)(H,68,79)(H,71,72)(H,73,74)(H,84,85)(H4,57,58,59)/t29-,30+,32-,33-,34-,35-,36-,37-,38-,39-,42-,43-/m0/s1. The summed E-state index contributed by atoms with van der Waals surface area (Å²) in [4.78, 5) is 164. The highest BCUT2D eigenvalue weighted by atomic mass is 32.2. The van der Waals surface area contributed by atoms with E-state index in [-0.39, 0.29) is 57.6 Å². The van der Waals surface area contributed by atoms with Crippen molar-refractivity contribution in [1.29, 1.82) is 0 Å². The number of carboxylic acid groups (broad SMARTS) is 3. The maximum Gasteiger partial charge on any atom is 0.326 e. The summed E-state index contributed by atoms with van der Waals surface area (Å²) in [5.74, 6) is -13.3. The van der Waals surface area contributed by atoms with Gasteiger partial charge in [0.15, 0.2) is 5.96 Å². The third-order valence-electron chi connectivity index (χ3n) is 13.5. The fourth-order valence-electron chi connectivity index (χ4n) is 8.24. The predicted octanol–water partition coefficient (Wildman–Crippen LogP) is -4.16. The number of aliphatic hydroxyl groups is 2. The van der Waals surface area contributed by atoms with Gasteiger partial charge in [0, 0.05) is 25.8 Å². The molecule has 0 unspecified atom stereocenters. The minimum absolute atomic E-state index is 0.0147. The van der Waals surface area contributed by atoms with E-state index in [9.17, 15) is 83.1 Å². The van der Waals surface area contributed by atoms with E-state index in [1.807, 2.05) is 0 Å². The van der Waals surface area contributed by atoms with Crippen molar-refractivity contribution in [1.82, 2.24) is 47.9 Å². The molecule has 1 aromatic rings. The number of carboxylic acids is 3. The Morgan fingerprint density at radius 2 is 0.954 bits per heavy atom. The molecule has 1 aromatic carbocycles. The fourth-order valence-corrected chi connectivity index (χ4v) is 9.18. The Labute approximate surface area is 513 Å². The molecule has 0 aliphatic rings. The van der Waals surface area contributed by atoms with Crippen LogP contribution in [-0.4, -0.2) is 213 Å². The number of carbonyl (C=O) groups excluding carboxylic acids is 9. The molecule has 0 bridgehead atoms. The zero-order chi connectivity index (χ0) is 65.8. The van der Waals surface area contributed by atoms with Crippen LogP contribution in [0.2, 0.25) is 0 Å². The summed E-state index contributed by atoms with van der Waals surface area (Å²) < 4.78 is 0. The molecule has 87 heavy (non-hydrogen) atoms. The Bertz CT molecular complexity index is 2450. The van der Waals surface area contributed by atoms with E-state index in [4.69, 9.17) is 22.9 Å². The SMILES string of the molecule is CC[C@H](C)[C@H](NC(=O)[C@H](CCC(=O)O)NC(=O)[C@H](CCSC)NC(=O)[C@H](CCSC)NC(=O)[C@@H](N)CCCN=C(N)N)C(=O)N[C@@H](Cc1ccccc1)C(=O)N[C@@H](CO)C(=O)N[C@@H](CCC(=O)O)C(=O)N[C@H](C(=O)N[C@@H](CCCCN)C(=O)O)[C@@H](C)O. The highest BCUT2D eigenvalue weighted by Crippen LogP contribution is 2.14. The van der Waals surface area contributed by atoms with Crippen molar-refractivity contribution in [3.8, 4) is 0 Å². The average Bonchev–Trinajstić information content (AvgIpc) is 3.32. The number of thioether (sulfide) groups is 2. The van der Waals surface area contributed by atoms with Crippen LogP contribution in [0.25, 0.3) is 0 Å². The van der Waals surface area contributed by atoms with E-state index in [2.05, 4.69) is 52.8 Å². The van der Waals surface area contributed by atoms with Crippen LogP contribution in [0.3, 0.4) is 0 Å². The topological polar surface area (TPSA) is 531 Å². The number of aliphatic carboxylic acids is 3. The van der Waals surface area contributed by atoms with Crippen LogP contribution in [0.1, 0.15) is 103 Å². The van der Waals surface area contributed by atoms with Gasteiger partial charge >= 0.3 is 17.9 Å². The molecule has 0 heterocycles. The molecule has 12 atom stereocenters. The van der Waals surface area contributed by atoms with Gasteiger partial charge in [-0.3, -0.25) is 57.7 Å². The van der Waals surface area contributed by atoms with Crippen LogP contribution in [0.5, 0.6) is 0 Å². The number of hydrogen-bond donors (Lipinski definition) is 18. The predicted molar refractivity (Wildman–Crippen MR) is 324 cm³/mol. The number of guanidine groups is 1. The van der Waals surface area contributed by atoms with E-state index >= 15 is 0 Å². The average molecular weight is 1270 g/mol. The number of nitrogens with zero attached hydrogens (tertiary/aromatic N) is 1. The van der Waals surface area contributed by atoms with Crippen molar-refractivity contribution < 1.29 is 83.1 Å². The lowest BCUT2D eigenvalue weighted by Gasteiger charge is -2.30. The van der Waals surface area contributed by atoms with E-state index in [0.717, 1.165) is 6.92 Å². The number of unbranched alkanes of at least 4 members (excludes halogenated alkanes) is 1. The summed E-state index contributed by atoms with van der Waals surface area (Å²) in [6.45, 7) is 3.68. The molecule has 9 amide bonds. The van der Waals surface area contributed by atoms with E-state index in [1.165, 1.54) is 23.5 Å². The summed E-state index contributed by atoms with van der Waals surface area (Å²) in [6, 6.07) is -7.07. The first-order valence-electron chi connectivity index (χ1n) is 28.4. The summed E-state index contributed by atoms with van der Waals surface area (Å²) in [5, 5.41) is 71.7. The minimum atomic E-state index is -1.90. The van der Waals surface area contributed by atoms with Crippen molar-refractivity contribution >= 4 is 101 Å². The quantitative estimate of drug-likeness (QED) is 0.0167. The molecule has 0 spiro atoms. The Morgan fingerprint density at radius 1 is 0.529 bits per heavy atom. The van der Waals surface area contributed by atoms with Gasteiger partial charge in [0.1, 0.15) is 54.4 Å². The lowest BCUT2D eigenvalue weighted by Crippen LogP contribution is -2.62. The number of hydrogen-bond acceptors (Lipinski definition) is 19. The van der Waals surface area contributed by atoms with Gasteiger partial charge in [-0.25, -0.2) is 4.79 Å². The zero-order valence-corrected chi connectivity index (χ0v) is 51.4. The molecule has 0 radical (unpaired) electrons. The third-order valence-corrected chi connectivity index (χ3v) is 14.8. The molecular weight excluding hydrogens is 1180 g/mol. The summed E-state index contributed by atoms with van der Waals surface area (Å²) in [7, 11) is 0. The molecule has 0 aliphatic carbocycles. The molecule has 0 saturated heterocycles. The van der Waals surface area contributed by atoms with E-state index in [1.54, 1.807) is 56.7 Å². The van der Waals surface area contributed by atoms with Crippen LogP contribution in [0, 0.1) is 5.92 Å². The first kappa shape index (κ1) is 77.7. The Balaban J connectivity index is 3.56. The smallest absolute Gasteiger partial charge is 0.326 e. The summed E-state index contributed by atoms with van der Waals surface area (Å²) >= 11 is 2.72. The number of carbonyl (C=O) groups is 12. The number of aliphatic imine (C=N–C) groups is 1. The normalized spacial score (nSPS) is 15.2. The number of benzene rings is 1. The molecule has 490 valence electrons. The van der Waals surface area contributed by atoms with Crippen LogP contribution >= 0.6 is 23.5 Å². The summed E-state index contributed by atoms with van der Waals surface area (Å²) in [5.41, 5.74) is 22.8. The number of aliphatic hydroxyl groups excluding tert-OH is 2. The zero-order valence-electron chi connectivity index (χ0n) is 49.8. The molecule has 0 saturated carbocycles. The van der Waals surface area contributed by atoms with Gasteiger partial charge in [-0.15, -0.1) is 0 Å². The Kier molecular flexibility index (Phi) is 38.0.